The average Bonchev–Trinajstić information content (AvgIpc) is 2.40. The molecule has 1 aromatic rings. The second-order valence-corrected chi connectivity index (χ2v) is 5.52. The summed E-state index contributed by atoms with van der Waals surface area (Å²) in [6.45, 7) is 3.80. The SMILES string of the molecule is CCCC(=O)N(c1ccccc1C)[C@@H](CSC)C(=O)O. The Labute approximate surface area is 124 Å². The number of hydrogen-bond acceptors (Lipinski definition) is 3. The Morgan fingerprint density at radius 2 is 2.00 bits per heavy atom. The van der Waals surface area contributed by atoms with E-state index in [2.05, 4.69) is 0 Å². The molecule has 1 N–H and O–H groups in total. The monoisotopic (exact) mass is 295 g/mol. The van der Waals surface area contributed by atoms with Crippen LogP contribution in [-0.2, 0) is 9.59 Å². The van der Waals surface area contributed by atoms with Crippen LogP contribution in [0.4, 0.5) is 5.69 Å². The molecule has 0 fully saturated rings. The number of nitrogens with zero attached hydrogens (tertiary/aromatic N) is 1. The highest BCUT2D eigenvalue weighted by Crippen LogP contribution is 2.24. The molecule has 0 unspecified atom stereocenters. The molecule has 1 atom stereocenters. The third-order valence-corrected chi connectivity index (χ3v) is 3.68. The molecule has 0 radical (unpaired) electrons. The van der Waals surface area contributed by atoms with Crippen LogP contribution in [0.5, 0.6) is 0 Å². The van der Waals surface area contributed by atoms with E-state index >= 15 is 0 Å². The van der Waals surface area contributed by atoms with E-state index in [4.69, 9.17) is 0 Å². The maximum absolute atomic E-state index is 12.4. The summed E-state index contributed by atoms with van der Waals surface area (Å²) >= 11 is 1.43. The lowest BCUT2D eigenvalue weighted by Gasteiger charge is -2.30. The van der Waals surface area contributed by atoms with Gasteiger partial charge in [0.05, 0.1) is 0 Å². The number of carbonyl (C=O) groups excluding carboxylic acids is 1. The minimum atomic E-state index is -0.966. The van der Waals surface area contributed by atoms with Crippen molar-refractivity contribution in [3.63, 3.8) is 0 Å². The third kappa shape index (κ3) is 4.00. The van der Waals surface area contributed by atoms with Crippen molar-refractivity contribution in [2.45, 2.75) is 32.7 Å². The Balaban J connectivity index is 3.23. The average molecular weight is 295 g/mol. The number of carbonyl (C=O) groups is 2. The molecular weight excluding hydrogens is 274 g/mol. The topological polar surface area (TPSA) is 57.6 Å². The summed E-state index contributed by atoms with van der Waals surface area (Å²) in [4.78, 5) is 25.3. The Hall–Kier alpha value is -1.49. The van der Waals surface area contributed by atoms with E-state index in [1.54, 1.807) is 6.07 Å². The van der Waals surface area contributed by atoms with Gasteiger partial charge < -0.3 is 5.11 Å². The molecule has 0 bridgehead atoms. The van der Waals surface area contributed by atoms with Gasteiger partial charge in [-0.3, -0.25) is 9.69 Å². The van der Waals surface area contributed by atoms with Crippen LogP contribution in [-0.4, -0.2) is 35.0 Å². The predicted octanol–water partition coefficient (Wildman–Crippen LogP) is 2.94. The quantitative estimate of drug-likeness (QED) is 0.840. The summed E-state index contributed by atoms with van der Waals surface area (Å²) in [5.74, 6) is -0.727. The van der Waals surface area contributed by atoms with Crippen molar-refractivity contribution in [2.24, 2.45) is 0 Å². The number of anilines is 1. The van der Waals surface area contributed by atoms with Gasteiger partial charge >= 0.3 is 5.97 Å². The summed E-state index contributed by atoms with van der Waals surface area (Å²) in [6.07, 6.45) is 2.90. The van der Waals surface area contributed by atoms with Crippen LogP contribution in [0.15, 0.2) is 24.3 Å². The van der Waals surface area contributed by atoms with E-state index in [1.807, 2.05) is 38.3 Å². The van der Waals surface area contributed by atoms with Gasteiger partial charge in [0.2, 0.25) is 5.91 Å². The summed E-state index contributed by atoms with van der Waals surface area (Å²) in [6, 6.07) is 6.57. The Kier molecular flexibility index (Phi) is 6.58. The number of benzene rings is 1. The minimum absolute atomic E-state index is 0.136. The number of para-hydroxylation sites is 1. The van der Waals surface area contributed by atoms with Crippen LogP contribution in [0.1, 0.15) is 25.3 Å². The second-order valence-electron chi connectivity index (χ2n) is 4.61. The molecule has 0 heterocycles. The highest BCUT2D eigenvalue weighted by molar-refractivity contribution is 7.98. The van der Waals surface area contributed by atoms with Crippen molar-refractivity contribution in [3.05, 3.63) is 29.8 Å². The Morgan fingerprint density at radius 3 is 2.50 bits per heavy atom. The maximum atomic E-state index is 12.4. The molecular formula is C15H21NO3S. The van der Waals surface area contributed by atoms with Gasteiger partial charge in [-0.1, -0.05) is 25.1 Å². The first kappa shape index (κ1) is 16.6. The zero-order valence-corrected chi connectivity index (χ0v) is 12.9. The minimum Gasteiger partial charge on any atom is -0.480 e. The second kappa shape index (κ2) is 7.94. The molecule has 0 aromatic heterocycles. The number of aliphatic carboxylic acids is 1. The molecule has 110 valence electrons. The van der Waals surface area contributed by atoms with E-state index in [-0.39, 0.29) is 5.91 Å². The van der Waals surface area contributed by atoms with Gasteiger partial charge in [-0.2, -0.15) is 11.8 Å². The molecule has 0 aliphatic heterocycles. The van der Waals surface area contributed by atoms with Crippen molar-refractivity contribution in [2.75, 3.05) is 16.9 Å². The Bertz CT molecular complexity index is 476. The maximum Gasteiger partial charge on any atom is 0.327 e. The number of carboxylic acids is 1. The molecule has 20 heavy (non-hydrogen) atoms. The molecule has 1 rings (SSSR count). The lowest BCUT2D eigenvalue weighted by molar-refractivity contribution is -0.139. The van der Waals surface area contributed by atoms with E-state index < -0.39 is 12.0 Å². The normalized spacial score (nSPS) is 11.9. The van der Waals surface area contributed by atoms with Crippen molar-refractivity contribution in [1.82, 2.24) is 0 Å². The molecule has 0 spiro atoms. The number of carboxylic acid groups (broad SMARTS) is 1. The lowest BCUT2D eigenvalue weighted by atomic mass is 10.1. The smallest absolute Gasteiger partial charge is 0.327 e. The number of amides is 1. The number of hydrogen-bond donors (Lipinski definition) is 1. The first-order valence-electron chi connectivity index (χ1n) is 6.62. The summed E-state index contributed by atoms with van der Waals surface area (Å²) < 4.78 is 0. The van der Waals surface area contributed by atoms with E-state index in [0.29, 0.717) is 24.3 Å². The van der Waals surface area contributed by atoms with Crippen LogP contribution in [0, 0.1) is 6.92 Å². The van der Waals surface area contributed by atoms with Gasteiger partial charge in [0, 0.05) is 17.9 Å². The third-order valence-electron chi connectivity index (χ3n) is 3.03. The standard InChI is InChI=1S/C15H21NO3S/c1-4-7-14(17)16(13(10-20-3)15(18)19)12-9-6-5-8-11(12)2/h5-6,8-9,13H,4,7,10H2,1-3H3,(H,18,19)/t13-/m0/s1. The van der Waals surface area contributed by atoms with Crippen LogP contribution >= 0.6 is 11.8 Å². The molecule has 5 heteroatoms. The van der Waals surface area contributed by atoms with Gasteiger partial charge in [0.1, 0.15) is 6.04 Å². The van der Waals surface area contributed by atoms with E-state index in [0.717, 1.165) is 5.56 Å². The van der Waals surface area contributed by atoms with E-state index in [9.17, 15) is 14.7 Å². The van der Waals surface area contributed by atoms with Crippen molar-refractivity contribution in [3.8, 4) is 0 Å². The first-order valence-corrected chi connectivity index (χ1v) is 8.01. The Morgan fingerprint density at radius 1 is 1.35 bits per heavy atom. The van der Waals surface area contributed by atoms with Crippen molar-refractivity contribution in [1.29, 1.82) is 0 Å². The highest BCUT2D eigenvalue weighted by atomic mass is 32.2. The van der Waals surface area contributed by atoms with Crippen LogP contribution in [0.3, 0.4) is 0 Å². The van der Waals surface area contributed by atoms with E-state index in [1.165, 1.54) is 16.7 Å². The number of aryl methyl sites for hydroxylation is 1. The van der Waals surface area contributed by atoms with Gasteiger partial charge in [-0.15, -0.1) is 0 Å². The van der Waals surface area contributed by atoms with Crippen LogP contribution < -0.4 is 4.90 Å². The zero-order chi connectivity index (χ0) is 15.1. The summed E-state index contributed by atoms with van der Waals surface area (Å²) in [5, 5.41) is 9.44. The molecule has 1 amide bonds. The van der Waals surface area contributed by atoms with Gasteiger partial charge in [0.25, 0.3) is 0 Å². The summed E-state index contributed by atoms with van der Waals surface area (Å²) in [5.41, 5.74) is 1.59. The summed E-state index contributed by atoms with van der Waals surface area (Å²) in [7, 11) is 0. The van der Waals surface area contributed by atoms with Crippen LogP contribution in [0.25, 0.3) is 0 Å². The highest BCUT2D eigenvalue weighted by Gasteiger charge is 2.30. The molecule has 0 saturated heterocycles. The zero-order valence-electron chi connectivity index (χ0n) is 12.1. The number of thioether (sulfide) groups is 1. The van der Waals surface area contributed by atoms with Gasteiger partial charge in [-0.05, 0) is 31.2 Å². The molecule has 0 aliphatic rings. The molecule has 1 aromatic carbocycles. The van der Waals surface area contributed by atoms with Gasteiger partial charge in [-0.25, -0.2) is 4.79 Å². The number of rotatable bonds is 7. The fraction of sp³-hybridized carbons (Fsp3) is 0.467. The fourth-order valence-electron chi connectivity index (χ4n) is 2.06. The fourth-order valence-corrected chi connectivity index (χ4v) is 2.67. The van der Waals surface area contributed by atoms with Crippen molar-refractivity contribution >= 4 is 29.3 Å². The molecule has 0 saturated carbocycles. The predicted molar refractivity (Wildman–Crippen MR) is 83.4 cm³/mol. The molecule has 0 aliphatic carbocycles. The van der Waals surface area contributed by atoms with Gasteiger partial charge in [0.15, 0.2) is 0 Å². The van der Waals surface area contributed by atoms with Crippen molar-refractivity contribution < 1.29 is 14.7 Å². The molecule has 4 nitrogen and oxygen atoms in total. The first-order chi connectivity index (χ1) is 9.52. The lowest BCUT2D eigenvalue weighted by Crippen LogP contribution is -2.47. The van der Waals surface area contributed by atoms with Crippen LogP contribution in [0.2, 0.25) is 0 Å². The largest absolute Gasteiger partial charge is 0.480 e.